The lowest BCUT2D eigenvalue weighted by molar-refractivity contribution is -0.383. The molecule has 0 bridgehead atoms. The van der Waals surface area contributed by atoms with E-state index in [4.69, 9.17) is 11.6 Å². The molecule has 0 amide bonds. The number of rotatable bonds is 2. The van der Waals surface area contributed by atoms with Crippen LogP contribution in [-0.2, 0) is 0 Å². The maximum atomic E-state index is 12.8. The number of non-ortho nitro benzene ring substituents is 1. The first-order valence-electron chi connectivity index (χ1n) is 6.88. The molecule has 4 rings (SSSR count). The monoisotopic (exact) mass is 341 g/mol. The molecule has 2 aromatic carbocycles. The van der Waals surface area contributed by atoms with E-state index in [-0.39, 0.29) is 27.5 Å². The molecule has 0 aliphatic heterocycles. The van der Waals surface area contributed by atoms with Crippen molar-refractivity contribution in [2.75, 3.05) is 0 Å². The molecule has 9 heteroatoms. The number of nitrogens with zero attached hydrogens (tertiary/aromatic N) is 5. The molecule has 4 aromatic rings. The molecule has 2 aromatic heterocycles. The molecule has 24 heavy (non-hydrogen) atoms. The standard InChI is InChI=1S/C15H8ClN5O3/c16-13-14-18-20(9-5-2-1-3-6-9)15(22)19(14)10-7-4-8-11(21(23)24)12(10)17-13/h1-8H. The van der Waals surface area contributed by atoms with Gasteiger partial charge in [0.25, 0.3) is 5.69 Å². The molecule has 8 nitrogen and oxygen atoms in total. The first kappa shape index (κ1) is 14.3. The van der Waals surface area contributed by atoms with E-state index < -0.39 is 10.6 Å². The predicted octanol–water partition coefficient (Wildman–Crippen LogP) is 2.60. The van der Waals surface area contributed by atoms with Crippen LogP contribution in [0.15, 0.2) is 53.3 Å². The van der Waals surface area contributed by atoms with Crippen LogP contribution in [0.2, 0.25) is 5.15 Å². The second kappa shape index (κ2) is 5.14. The van der Waals surface area contributed by atoms with E-state index in [1.165, 1.54) is 21.2 Å². The fraction of sp³-hybridized carbons (Fsp3) is 0. The van der Waals surface area contributed by atoms with Crippen molar-refractivity contribution in [3.05, 3.63) is 74.3 Å². The van der Waals surface area contributed by atoms with Gasteiger partial charge in [-0.3, -0.25) is 10.1 Å². The summed E-state index contributed by atoms with van der Waals surface area (Å²) in [4.78, 5) is 27.5. The van der Waals surface area contributed by atoms with E-state index in [2.05, 4.69) is 10.1 Å². The van der Waals surface area contributed by atoms with Crippen LogP contribution in [0, 0.1) is 10.1 Å². The third kappa shape index (κ3) is 1.97. The SMILES string of the molecule is O=c1n(-c2ccccc2)nc2c(Cl)nc3c([N+](=O)[O-])cccc3n12. The van der Waals surface area contributed by atoms with Crippen molar-refractivity contribution in [1.29, 1.82) is 0 Å². The molecule has 0 aliphatic carbocycles. The van der Waals surface area contributed by atoms with Gasteiger partial charge in [0, 0.05) is 6.07 Å². The quantitative estimate of drug-likeness (QED) is 0.412. The highest BCUT2D eigenvalue weighted by Crippen LogP contribution is 2.26. The van der Waals surface area contributed by atoms with Crippen molar-refractivity contribution >= 4 is 34.0 Å². The summed E-state index contributed by atoms with van der Waals surface area (Å²) >= 11 is 6.12. The third-order valence-corrected chi connectivity index (χ3v) is 3.86. The lowest BCUT2D eigenvalue weighted by Gasteiger charge is -2.01. The van der Waals surface area contributed by atoms with Gasteiger partial charge in [0.05, 0.1) is 16.1 Å². The maximum Gasteiger partial charge on any atom is 0.355 e. The zero-order valence-corrected chi connectivity index (χ0v) is 12.7. The fourth-order valence-electron chi connectivity index (χ4n) is 2.57. The van der Waals surface area contributed by atoms with Crippen LogP contribution in [-0.4, -0.2) is 24.1 Å². The van der Waals surface area contributed by atoms with Crippen molar-refractivity contribution in [3.8, 4) is 5.69 Å². The Kier molecular flexibility index (Phi) is 3.07. The fourth-order valence-corrected chi connectivity index (χ4v) is 2.77. The van der Waals surface area contributed by atoms with Gasteiger partial charge in [-0.15, -0.1) is 5.10 Å². The van der Waals surface area contributed by atoms with Gasteiger partial charge < -0.3 is 0 Å². The molecule has 0 radical (unpaired) electrons. The van der Waals surface area contributed by atoms with Gasteiger partial charge in [-0.25, -0.2) is 14.2 Å². The number of nitro groups is 1. The molecular formula is C15H8ClN5O3. The largest absolute Gasteiger partial charge is 0.355 e. The highest BCUT2D eigenvalue weighted by Gasteiger charge is 2.21. The van der Waals surface area contributed by atoms with Gasteiger partial charge in [0.15, 0.2) is 16.3 Å². The van der Waals surface area contributed by atoms with E-state index in [1.807, 2.05) is 6.07 Å². The van der Waals surface area contributed by atoms with Crippen molar-refractivity contribution in [3.63, 3.8) is 0 Å². The van der Waals surface area contributed by atoms with Crippen molar-refractivity contribution in [2.24, 2.45) is 0 Å². The average Bonchev–Trinajstić information content (AvgIpc) is 2.94. The zero-order chi connectivity index (χ0) is 16.8. The van der Waals surface area contributed by atoms with Crippen LogP contribution in [0.25, 0.3) is 22.4 Å². The first-order chi connectivity index (χ1) is 11.6. The van der Waals surface area contributed by atoms with Crippen LogP contribution in [0.4, 0.5) is 5.69 Å². The van der Waals surface area contributed by atoms with Crippen LogP contribution >= 0.6 is 11.6 Å². The molecule has 0 unspecified atom stereocenters. The summed E-state index contributed by atoms with van der Waals surface area (Å²) in [6.07, 6.45) is 0. The van der Waals surface area contributed by atoms with Gasteiger partial charge >= 0.3 is 5.69 Å². The molecule has 0 fully saturated rings. The molecular weight excluding hydrogens is 334 g/mol. The van der Waals surface area contributed by atoms with Crippen molar-refractivity contribution in [1.82, 2.24) is 19.2 Å². The summed E-state index contributed by atoms with van der Waals surface area (Å²) in [7, 11) is 0. The highest BCUT2D eigenvalue weighted by atomic mass is 35.5. The summed E-state index contributed by atoms with van der Waals surface area (Å²) in [5, 5.41) is 15.3. The molecule has 0 aliphatic rings. The van der Waals surface area contributed by atoms with E-state index >= 15 is 0 Å². The number of benzene rings is 2. The molecule has 0 N–H and O–H groups in total. The van der Waals surface area contributed by atoms with Crippen molar-refractivity contribution < 1.29 is 4.92 Å². The van der Waals surface area contributed by atoms with Crippen LogP contribution in [0.3, 0.4) is 0 Å². The summed E-state index contributed by atoms with van der Waals surface area (Å²) in [5.41, 5.74) is 0.298. The van der Waals surface area contributed by atoms with E-state index in [0.29, 0.717) is 5.69 Å². The second-order valence-electron chi connectivity index (χ2n) is 4.99. The Morgan fingerprint density at radius 3 is 2.54 bits per heavy atom. The molecule has 0 spiro atoms. The topological polar surface area (TPSA) is 95.3 Å². The Bertz CT molecular complexity index is 1170. The normalized spacial score (nSPS) is 11.2. The Labute approximate surface area is 138 Å². The smallest absolute Gasteiger partial charge is 0.258 e. The molecule has 118 valence electrons. The van der Waals surface area contributed by atoms with Gasteiger partial charge in [0.2, 0.25) is 0 Å². The van der Waals surface area contributed by atoms with Crippen LogP contribution < -0.4 is 5.69 Å². The highest BCUT2D eigenvalue weighted by molar-refractivity contribution is 6.32. The average molecular weight is 342 g/mol. The second-order valence-corrected chi connectivity index (χ2v) is 5.35. The minimum absolute atomic E-state index is 0.0368. The number of hydrogen-bond donors (Lipinski definition) is 0. The number of aromatic nitrogens is 4. The van der Waals surface area contributed by atoms with Gasteiger partial charge in [-0.05, 0) is 18.2 Å². The minimum Gasteiger partial charge on any atom is -0.258 e. The maximum absolute atomic E-state index is 12.8. The van der Waals surface area contributed by atoms with E-state index in [1.54, 1.807) is 30.3 Å². The minimum atomic E-state index is -0.565. The van der Waals surface area contributed by atoms with Crippen LogP contribution in [0.5, 0.6) is 0 Å². The molecule has 0 saturated heterocycles. The number of halogens is 1. The van der Waals surface area contributed by atoms with Gasteiger partial charge in [-0.1, -0.05) is 35.9 Å². The Hall–Kier alpha value is -3.26. The molecule has 0 saturated carbocycles. The third-order valence-electron chi connectivity index (χ3n) is 3.61. The Morgan fingerprint density at radius 2 is 1.83 bits per heavy atom. The number of fused-ring (bicyclic) bond motifs is 3. The Morgan fingerprint density at radius 1 is 1.08 bits per heavy atom. The summed E-state index contributed by atoms with van der Waals surface area (Å²) < 4.78 is 2.41. The Balaban J connectivity index is 2.18. The molecule has 2 heterocycles. The lowest BCUT2D eigenvalue weighted by Crippen LogP contribution is -2.20. The summed E-state index contributed by atoms with van der Waals surface area (Å²) in [5.74, 6) is 0. The van der Waals surface area contributed by atoms with Gasteiger partial charge in [-0.2, -0.15) is 4.68 Å². The van der Waals surface area contributed by atoms with Crippen LogP contribution in [0.1, 0.15) is 0 Å². The van der Waals surface area contributed by atoms with Crippen molar-refractivity contribution in [2.45, 2.75) is 0 Å². The zero-order valence-electron chi connectivity index (χ0n) is 12.0. The first-order valence-corrected chi connectivity index (χ1v) is 7.25. The predicted molar refractivity (Wildman–Crippen MR) is 87.8 cm³/mol. The molecule has 0 atom stereocenters. The van der Waals surface area contributed by atoms with E-state index in [9.17, 15) is 14.9 Å². The number of nitro benzene ring substituents is 1. The number of para-hydroxylation sites is 2. The lowest BCUT2D eigenvalue weighted by atomic mass is 10.2. The van der Waals surface area contributed by atoms with Gasteiger partial charge in [0.1, 0.15) is 0 Å². The summed E-state index contributed by atoms with van der Waals surface area (Å²) in [6.45, 7) is 0. The van der Waals surface area contributed by atoms with E-state index in [0.717, 1.165) is 0 Å². The summed E-state index contributed by atoms with van der Waals surface area (Å²) in [6, 6.07) is 13.2. The number of hydrogen-bond acceptors (Lipinski definition) is 5.